The Hall–Kier alpha value is -1.09. The van der Waals surface area contributed by atoms with Gasteiger partial charge in [0.25, 0.3) is 10.2 Å². The van der Waals surface area contributed by atoms with Crippen LogP contribution in [0.1, 0.15) is 12.1 Å². The first kappa shape index (κ1) is 14.0. The van der Waals surface area contributed by atoms with E-state index in [0.29, 0.717) is 25.2 Å². The molecule has 0 radical (unpaired) electrons. The molecule has 0 fully saturated rings. The summed E-state index contributed by atoms with van der Waals surface area (Å²) < 4.78 is 27.1. The Balaban J connectivity index is 2.50. The summed E-state index contributed by atoms with van der Waals surface area (Å²) in [5.74, 6) is 0. The summed E-state index contributed by atoms with van der Waals surface area (Å²) in [6.45, 7) is 0.986. The van der Waals surface area contributed by atoms with Crippen molar-refractivity contribution in [2.45, 2.75) is 13.0 Å². The van der Waals surface area contributed by atoms with Gasteiger partial charge in [-0.05, 0) is 25.1 Å². The quantitative estimate of drug-likeness (QED) is 0.660. The van der Waals surface area contributed by atoms with E-state index in [1.165, 1.54) is 17.5 Å². The summed E-state index contributed by atoms with van der Waals surface area (Å²) in [5, 5.41) is 7.45. The summed E-state index contributed by atoms with van der Waals surface area (Å²) in [5.41, 5.74) is 5.90. The average molecular weight is 259 g/mol. The SMILES string of the molecule is CN(CCCN)S(=O)(=O)NCc1cccnn1. The van der Waals surface area contributed by atoms with Gasteiger partial charge in [-0.25, -0.2) is 0 Å². The molecule has 1 rings (SSSR count). The van der Waals surface area contributed by atoms with Gasteiger partial charge in [-0.15, -0.1) is 0 Å². The highest BCUT2D eigenvalue weighted by Gasteiger charge is 2.16. The number of aromatic nitrogens is 2. The molecule has 3 N–H and O–H groups in total. The summed E-state index contributed by atoms with van der Waals surface area (Å²) in [6, 6.07) is 3.41. The number of hydrogen-bond acceptors (Lipinski definition) is 5. The molecule has 0 amide bonds. The van der Waals surface area contributed by atoms with E-state index in [-0.39, 0.29) is 6.54 Å². The van der Waals surface area contributed by atoms with Crippen LogP contribution < -0.4 is 10.5 Å². The molecule has 7 nitrogen and oxygen atoms in total. The first-order valence-corrected chi connectivity index (χ1v) is 6.68. The summed E-state index contributed by atoms with van der Waals surface area (Å²) >= 11 is 0. The van der Waals surface area contributed by atoms with Crippen molar-refractivity contribution in [2.24, 2.45) is 5.73 Å². The number of hydrogen-bond donors (Lipinski definition) is 2. The highest BCUT2D eigenvalue weighted by Crippen LogP contribution is 1.98. The lowest BCUT2D eigenvalue weighted by molar-refractivity contribution is 0.452. The fraction of sp³-hybridized carbons (Fsp3) is 0.556. The van der Waals surface area contributed by atoms with Crippen LogP contribution in [0.25, 0.3) is 0 Å². The van der Waals surface area contributed by atoms with Crippen molar-refractivity contribution in [3.8, 4) is 0 Å². The van der Waals surface area contributed by atoms with Gasteiger partial charge in [-0.3, -0.25) is 0 Å². The van der Waals surface area contributed by atoms with E-state index in [2.05, 4.69) is 14.9 Å². The third-order valence-corrected chi connectivity index (χ3v) is 3.66. The Labute approximate surface area is 101 Å². The summed E-state index contributed by atoms with van der Waals surface area (Å²) in [6.07, 6.45) is 2.16. The maximum atomic E-state index is 11.7. The van der Waals surface area contributed by atoms with Gasteiger partial charge in [0, 0.05) is 19.8 Å². The van der Waals surface area contributed by atoms with Crippen molar-refractivity contribution in [3.05, 3.63) is 24.0 Å². The Bertz CT molecular complexity index is 422. The highest BCUT2D eigenvalue weighted by molar-refractivity contribution is 7.87. The fourth-order valence-corrected chi connectivity index (χ4v) is 2.06. The van der Waals surface area contributed by atoms with E-state index in [4.69, 9.17) is 5.73 Å². The molecular formula is C9H17N5O2S. The van der Waals surface area contributed by atoms with Crippen molar-refractivity contribution in [3.63, 3.8) is 0 Å². The molecule has 0 atom stereocenters. The van der Waals surface area contributed by atoms with Gasteiger partial charge in [-0.2, -0.15) is 27.6 Å². The van der Waals surface area contributed by atoms with E-state index in [9.17, 15) is 8.42 Å². The molecule has 0 aliphatic carbocycles. The topological polar surface area (TPSA) is 101 Å². The first-order chi connectivity index (χ1) is 8.06. The Morgan fingerprint density at radius 3 is 2.88 bits per heavy atom. The predicted octanol–water partition coefficient (Wildman–Crippen LogP) is -0.908. The lowest BCUT2D eigenvalue weighted by Gasteiger charge is -2.16. The minimum absolute atomic E-state index is 0.128. The molecule has 0 aliphatic heterocycles. The van der Waals surface area contributed by atoms with Gasteiger partial charge in [0.1, 0.15) is 0 Å². The third-order valence-electron chi connectivity index (χ3n) is 2.15. The minimum Gasteiger partial charge on any atom is -0.330 e. The third kappa shape index (κ3) is 4.73. The van der Waals surface area contributed by atoms with Gasteiger partial charge < -0.3 is 5.73 Å². The van der Waals surface area contributed by atoms with Gasteiger partial charge in [0.15, 0.2) is 0 Å². The molecule has 96 valence electrons. The van der Waals surface area contributed by atoms with Crippen LogP contribution in [0.15, 0.2) is 18.3 Å². The van der Waals surface area contributed by atoms with Crippen LogP contribution in [0.3, 0.4) is 0 Å². The molecule has 1 heterocycles. The van der Waals surface area contributed by atoms with E-state index in [0.717, 1.165) is 0 Å². The fourth-order valence-electron chi connectivity index (χ4n) is 1.14. The summed E-state index contributed by atoms with van der Waals surface area (Å²) in [4.78, 5) is 0. The Morgan fingerprint density at radius 2 is 2.29 bits per heavy atom. The lowest BCUT2D eigenvalue weighted by atomic mass is 10.4. The number of nitrogens with two attached hydrogens (primary N) is 1. The molecular weight excluding hydrogens is 242 g/mol. The van der Waals surface area contributed by atoms with Crippen LogP contribution in [-0.4, -0.2) is 43.1 Å². The zero-order chi connectivity index (χ0) is 12.7. The Morgan fingerprint density at radius 1 is 1.53 bits per heavy atom. The molecule has 1 aromatic heterocycles. The molecule has 1 aromatic rings. The van der Waals surface area contributed by atoms with Gasteiger partial charge in [0.05, 0.1) is 12.2 Å². The molecule has 0 saturated carbocycles. The average Bonchev–Trinajstić information content (AvgIpc) is 2.35. The van der Waals surface area contributed by atoms with Crippen LogP contribution in [0.5, 0.6) is 0 Å². The van der Waals surface area contributed by atoms with E-state index >= 15 is 0 Å². The molecule has 0 unspecified atom stereocenters. The molecule has 0 aromatic carbocycles. The summed E-state index contributed by atoms with van der Waals surface area (Å²) in [7, 11) is -1.96. The second-order valence-electron chi connectivity index (χ2n) is 3.50. The van der Waals surface area contributed by atoms with Gasteiger partial charge in [0.2, 0.25) is 0 Å². The zero-order valence-corrected chi connectivity index (χ0v) is 10.5. The van der Waals surface area contributed by atoms with Crippen LogP contribution in [0, 0.1) is 0 Å². The largest absolute Gasteiger partial charge is 0.330 e. The van der Waals surface area contributed by atoms with Crippen molar-refractivity contribution < 1.29 is 8.42 Å². The van der Waals surface area contributed by atoms with Crippen molar-refractivity contribution in [1.29, 1.82) is 0 Å². The van der Waals surface area contributed by atoms with Crippen LogP contribution in [0.4, 0.5) is 0 Å². The van der Waals surface area contributed by atoms with E-state index < -0.39 is 10.2 Å². The van der Waals surface area contributed by atoms with Crippen LogP contribution >= 0.6 is 0 Å². The molecule has 0 spiro atoms. The number of nitrogens with one attached hydrogen (secondary N) is 1. The molecule has 8 heteroatoms. The first-order valence-electron chi connectivity index (χ1n) is 5.24. The highest BCUT2D eigenvalue weighted by atomic mass is 32.2. The Kier molecular flexibility index (Phi) is 5.42. The smallest absolute Gasteiger partial charge is 0.279 e. The van der Waals surface area contributed by atoms with Crippen molar-refractivity contribution >= 4 is 10.2 Å². The minimum atomic E-state index is -3.47. The van der Waals surface area contributed by atoms with Crippen molar-refractivity contribution in [2.75, 3.05) is 20.1 Å². The second-order valence-corrected chi connectivity index (χ2v) is 5.37. The monoisotopic (exact) mass is 259 g/mol. The number of nitrogens with zero attached hydrogens (tertiary/aromatic N) is 3. The standard InChI is InChI=1S/C9H17N5O2S/c1-14(7-3-5-10)17(15,16)12-8-9-4-2-6-11-13-9/h2,4,6,12H,3,5,7-8,10H2,1H3. The molecule has 17 heavy (non-hydrogen) atoms. The van der Waals surface area contributed by atoms with Crippen LogP contribution in [-0.2, 0) is 16.8 Å². The molecule has 0 saturated heterocycles. The lowest BCUT2D eigenvalue weighted by Crippen LogP contribution is -2.38. The normalized spacial score (nSPS) is 11.9. The van der Waals surface area contributed by atoms with Gasteiger partial charge in [-0.1, -0.05) is 0 Å². The molecule has 0 aliphatic rings. The zero-order valence-electron chi connectivity index (χ0n) is 9.70. The van der Waals surface area contributed by atoms with Gasteiger partial charge >= 0.3 is 0 Å². The van der Waals surface area contributed by atoms with E-state index in [1.807, 2.05) is 0 Å². The maximum absolute atomic E-state index is 11.7. The molecule has 0 bridgehead atoms. The predicted molar refractivity (Wildman–Crippen MR) is 64.1 cm³/mol. The van der Waals surface area contributed by atoms with Crippen molar-refractivity contribution in [1.82, 2.24) is 19.2 Å². The number of rotatable bonds is 7. The second kappa shape index (κ2) is 6.60. The van der Waals surface area contributed by atoms with E-state index in [1.54, 1.807) is 12.1 Å². The van der Waals surface area contributed by atoms with Crippen LogP contribution in [0.2, 0.25) is 0 Å². The maximum Gasteiger partial charge on any atom is 0.279 e.